The number of Topliss-reactive ketones (excluding diaryl/α,β-unsaturated/α-hetero) is 1. The third-order valence-corrected chi connectivity index (χ3v) is 4.29. The molecular formula is C22H24N4O. The van der Waals surface area contributed by atoms with Gasteiger partial charge in [-0.15, -0.1) is 0 Å². The van der Waals surface area contributed by atoms with E-state index >= 15 is 0 Å². The van der Waals surface area contributed by atoms with Crippen molar-refractivity contribution < 1.29 is 4.79 Å². The highest BCUT2D eigenvalue weighted by atomic mass is 16.1. The van der Waals surface area contributed by atoms with Gasteiger partial charge in [-0.25, -0.2) is 9.97 Å². The number of aromatic nitrogens is 2. The predicted molar refractivity (Wildman–Crippen MR) is 110 cm³/mol. The van der Waals surface area contributed by atoms with Crippen molar-refractivity contribution in [3.05, 3.63) is 71.5 Å². The Bertz CT molecular complexity index is 951. The molecule has 0 bridgehead atoms. The second-order valence-electron chi connectivity index (χ2n) is 6.50. The number of carbonyl (C=O) groups excluding carboxylic acids is 1. The van der Waals surface area contributed by atoms with Gasteiger partial charge in [0.05, 0.1) is 0 Å². The van der Waals surface area contributed by atoms with Gasteiger partial charge in [-0.1, -0.05) is 12.1 Å². The van der Waals surface area contributed by atoms with Gasteiger partial charge in [0.1, 0.15) is 17.5 Å². The van der Waals surface area contributed by atoms with Crippen LogP contribution in [0.3, 0.4) is 0 Å². The van der Waals surface area contributed by atoms with Gasteiger partial charge in [-0.05, 0) is 69.7 Å². The van der Waals surface area contributed by atoms with Crippen LogP contribution in [0.5, 0.6) is 0 Å². The van der Waals surface area contributed by atoms with Crippen molar-refractivity contribution in [2.75, 3.05) is 16.8 Å². The Labute approximate surface area is 160 Å². The molecule has 1 N–H and O–H groups in total. The summed E-state index contributed by atoms with van der Waals surface area (Å²) < 4.78 is 0. The van der Waals surface area contributed by atoms with Crippen molar-refractivity contribution in [3.8, 4) is 0 Å². The first-order valence-electron chi connectivity index (χ1n) is 9.04. The number of anilines is 4. The molecule has 5 nitrogen and oxygen atoms in total. The molecular weight excluding hydrogens is 336 g/mol. The molecule has 0 fully saturated rings. The minimum absolute atomic E-state index is 0.0541. The van der Waals surface area contributed by atoms with Crippen molar-refractivity contribution >= 4 is 28.8 Å². The summed E-state index contributed by atoms with van der Waals surface area (Å²) in [5, 5.41) is 3.30. The largest absolute Gasteiger partial charge is 0.340 e. The molecule has 0 aliphatic heterocycles. The van der Waals surface area contributed by atoms with Gasteiger partial charge in [0.25, 0.3) is 0 Å². The molecule has 0 amide bonds. The zero-order chi connectivity index (χ0) is 19.4. The van der Waals surface area contributed by atoms with E-state index in [4.69, 9.17) is 0 Å². The standard InChI is InChI=1S/C22H24N4O/c1-5-26(20-8-6-7-15(2)13-20)22-14-21(23-17(4)24-22)25-19-11-9-18(10-12-19)16(3)27/h6-14H,5H2,1-4H3,(H,23,24,25). The predicted octanol–water partition coefficient (Wildman–Crippen LogP) is 5.20. The maximum absolute atomic E-state index is 11.4. The van der Waals surface area contributed by atoms with Crippen molar-refractivity contribution in [2.45, 2.75) is 27.7 Å². The van der Waals surface area contributed by atoms with E-state index in [1.807, 2.05) is 37.3 Å². The van der Waals surface area contributed by atoms with Crippen LogP contribution in [0.1, 0.15) is 35.6 Å². The molecule has 0 spiro atoms. The van der Waals surface area contributed by atoms with Crippen LogP contribution in [0.2, 0.25) is 0 Å². The van der Waals surface area contributed by atoms with Crippen LogP contribution in [0.15, 0.2) is 54.6 Å². The first-order valence-corrected chi connectivity index (χ1v) is 9.04. The van der Waals surface area contributed by atoms with Gasteiger partial charge in [-0.3, -0.25) is 4.79 Å². The van der Waals surface area contributed by atoms with Gasteiger partial charge in [-0.2, -0.15) is 0 Å². The number of nitrogens with zero attached hydrogens (tertiary/aromatic N) is 3. The molecule has 3 rings (SSSR count). The Morgan fingerprint density at radius 3 is 2.41 bits per heavy atom. The highest BCUT2D eigenvalue weighted by molar-refractivity contribution is 5.94. The maximum Gasteiger partial charge on any atom is 0.159 e. The maximum atomic E-state index is 11.4. The molecule has 0 atom stereocenters. The van der Waals surface area contributed by atoms with Crippen LogP contribution in [-0.4, -0.2) is 22.3 Å². The Morgan fingerprint density at radius 1 is 1.04 bits per heavy atom. The average Bonchev–Trinajstić information content (AvgIpc) is 2.62. The highest BCUT2D eigenvalue weighted by Crippen LogP contribution is 2.27. The highest BCUT2D eigenvalue weighted by Gasteiger charge is 2.12. The lowest BCUT2D eigenvalue weighted by Gasteiger charge is -2.23. The summed E-state index contributed by atoms with van der Waals surface area (Å²) >= 11 is 0. The van der Waals surface area contributed by atoms with Crippen LogP contribution < -0.4 is 10.2 Å². The van der Waals surface area contributed by atoms with E-state index in [0.29, 0.717) is 11.4 Å². The number of nitrogens with one attached hydrogen (secondary N) is 1. The lowest BCUT2D eigenvalue weighted by molar-refractivity contribution is 0.101. The molecule has 0 saturated carbocycles. The summed E-state index contributed by atoms with van der Waals surface area (Å²) in [6.07, 6.45) is 0. The van der Waals surface area contributed by atoms with Crippen LogP contribution in [0, 0.1) is 13.8 Å². The van der Waals surface area contributed by atoms with Crippen LogP contribution in [0.4, 0.5) is 23.0 Å². The summed E-state index contributed by atoms with van der Waals surface area (Å²) in [5.74, 6) is 2.32. The van der Waals surface area contributed by atoms with Crippen molar-refractivity contribution in [3.63, 3.8) is 0 Å². The smallest absolute Gasteiger partial charge is 0.159 e. The number of ketones is 1. The molecule has 3 aromatic rings. The molecule has 5 heteroatoms. The van der Waals surface area contributed by atoms with E-state index in [2.05, 4.69) is 58.3 Å². The van der Waals surface area contributed by atoms with E-state index in [0.717, 1.165) is 29.6 Å². The number of carbonyl (C=O) groups is 1. The van der Waals surface area contributed by atoms with Gasteiger partial charge in [0, 0.05) is 29.5 Å². The first-order chi connectivity index (χ1) is 13.0. The Kier molecular flexibility index (Phi) is 5.50. The molecule has 1 aromatic heterocycles. The summed E-state index contributed by atoms with van der Waals surface area (Å²) in [6.45, 7) is 8.44. The molecule has 1 heterocycles. The van der Waals surface area contributed by atoms with E-state index < -0.39 is 0 Å². The van der Waals surface area contributed by atoms with Crippen molar-refractivity contribution in [1.82, 2.24) is 9.97 Å². The SMILES string of the molecule is CCN(c1cccc(C)c1)c1cc(Nc2ccc(C(C)=O)cc2)nc(C)n1. The minimum atomic E-state index is 0.0541. The molecule has 0 unspecified atom stereocenters. The number of aryl methyl sites for hydroxylation is 2. The monoisotopic (exact) mass is 360 g/mol. The normalized spacial score (nSPS) is 10.5. The first kappa shape index (κ1) is 18.6. The molecule has 0 radical (unpaired) electrons. The third kappa shape index (κ3) is 4.50. The number of hydrogen-bond acceptors (Lipinski definition) is 5. The fourth-order valence-electron chi connectivity index (χ4n) is 2.96. The zero-order valence-electron chi connectivity index (χ0n) is 16.2. The van der Waals surface area contributed by atoms with Gasteiger partial charge >= 0.3 is 0 Å². The van der Waals surface area contributed by atoms with Gasteiger partial charge < -0.3 is 10.2 Å². The topological polar surface area (TPSA) is 58.1 Å². The lowest BCUT2D eigenvalue weighted by atomic mass is 10.1. The summed E-state index contributed by atoms with van der Waals surface area (Å²) in [6, 6.07) is 17.7. The summed E-state index contributed by atoms with van der Waals surface area (Å²) in [7, 11) is 0. The Morgan fingerprint density at radius 2 is 1.78 bits per heavy atom. The van der Waals surface area contributed by atoms with Gasteiger partial charge in [0.2, 0.25) is 0 Å². The van der Waals surface area contributed by atoms with Crippen LogP contribution in [-0.2, 0) is 0 Å². The summed E-state index contributed by atoms with van der Waals surface area (Å²) in [5.41, 5.74) is 3.88. The Balaban J connectivity index is 1.90. The third-order valence-electron chi connectivity index (χ3n) is 4.29. The minimum Gasteiger partial charge on any atom is -0.340 e. The molecule has 0 aliphatic rings. The zero-order valence-corrected chi connectivity index (χ0v) is 16.2. The van der Waals surface area contributed by atoms with E-state index in [9.17, 15) is 4.79 Å². The molecule has 0 aliphatic carbocycles. The Hall–Kier alpha value is -3.21. The van der Waals surface area contributed by atoms with Gasteiger partial charge in [0.15, 0.2) is 5.78 Å². The van der Waals surface area contributed by atoms with Crippen molar-refractivity contribution in [1.29, 1.82) is 0 Å². The second kappa shape index (κ2) is 7.99. The van der Waals surface area contributed by atoms with Crippen LogP contribution in [0.25, 0.3) is 0 Å². The van der Waals surface area contributed by atoms with E-state index in [1.54, 1.807) is 6.92 Å². The number of benzene rings is 2. The number of hydrogen-bond donors (Lipinski definition) is 1. The summed E-state index contributed by atoms with van der Waals surface area (Å²) in [4.78, 5) is 22.7. The van der Waals surface area contributed by atoms with E-state index in [1.165, 1.54) is 5.56 Å². The van der Waals surface area contributed by atoms with E-state index in [-0.39, 0.29) is 5.78 Å². The fraction of sp³-hybridized carbons (Fsp3) is 0.227. The lowest BCUT2D eigenvalue weighted by Crippen LogP contribution is -2.18. The quantitative estimate of drug-likeness (QED) is 0.613. The molecule has 2 aromatic carbocycles. The van der Waals surface area contributed by atoms with Crippen molar-refractivity contribution in [2.24, 2.45) is 0 Å². The fourth-order valence-corrected chi connectivity index (χ4v) is 2.96. The average molecular weight is 360 g/mol. The molecule has 138 valence electrons. The number of rotatable bonds is 6. The second-order valence-corrected chi connectivity index (χ2v) is 6.50. The van der Waals surface area contributed by atoms with Crippen LogP contribution >= 0.6 is 0 Å². The molecule has 27 heavy (non-hydrogen) atoms. The molecule has 0 saturated heterocycles.